The third kappa shape index (κ3) is 3.61. The van der Waals surface area contributed by atoms with Crippen LogP contribution in [0.4, 0.5) is 0 Å². The van der Waals surface area contributed by atoms with Crippen molar-refractivity contribution in [2.24, 2.45) is 17.8 Å². The summed E-state index contributed by atoms with van der Waals surface area (Å²) < 4.78 is 1.79. The number of nitrogens with two attached hydrogens (primary N) is 1. The van der Waals surface area contributed by atoms with E-state index in [4.69, 9.17) is 5.73 Å². The Bertz CT molecular complexity index is 328. The van der Waals surface area contributed by atoms with Crippen molar-refractivity contribution in [3.63, 3.8) is 0 Å². The molecule has 1 heterocycles. The minimum Gasteiger partial charge on any atom is -0.370 e. The van der Waals surface area contributed by atoms with E-state index in [0.717, 1.165) is 12.1 Å². The summed E-state index contributed by atoms with van der Waals surface area (Å²) in [7, 11) is 1.89. The number of nitrogens with one attached hydrogen (secondary N) is 1. The quantitative estimate of drug-likeness (QED) is 0.564. The SMILES string of the molecule is CCC(C)NC(N)=NCc1ccnn1C. The van der Waals surface area contributed by atoms with Crippen LogP contribution in [0.25, 0.3) is 0 Å². The Morgan fingerprint density at radius 3 is 3.00 bits per heavy atom. The number of aliphatic imine (C=N–C) groups is 1. The molecule has 84 valence electrons. The van der Waals surface area contributed by atoms with E-state index >= 15 is 0 Å². The molecule has 0 aliphatic rings. The normalized spacial score (nSPS) is 13.9. The van der Waals surface area contributed by atoms with Crippen LogP contribution in [0.5, 0.6) is 0 Å². The fraction of sp³-hybridized carbons (Fsp3) is 0.600. The van der Waals surface area contributed by atoms with Gasteiger partial charge in [-0.15, -0.1) is 0 Å². The first-order valence-corrected chi connectivity index (χ1v) is 5.16. The molecule has 0 amide bonds. The second-order valence-electron chi connectivity index (χ2n) is 3.60. The smallest absolute Gasteiger partial charge is 0.189 e. The maximum absolute atomic E-state index is 5.73. The van der Waals surface area contributed by atoms with Gasteiger partial charge in [0.1, 0.15) is 0 Å². The summed E-state index contributed by atoms with van der Waals surface area (Å²) in [5.41, 5.74) is 6.77. The molecule has 15 heavy (non-hydrogen) atoms. The van der Waals surface area contributed by atoms with Crippen LogP contribution in [0.1, 0.15) is 26.0 Å². The van der Waals surface area contributed by atoms with Gasteiger partial charge in [-0.2, -0.15) is 5.10 Å². The van der Waals surface area contributed by atoms with Crippen molar-refractivity contribution in [3.8, 4) is 0 Å². The molecule has 0 aromatic carbocycles. The van der Waals surface area contributed by atoms with Gasteiger partial charge < -0.3 is 11.1 Å². The topological polar surface area (TPSA) is 68.2 Å². The number of aryl methyl sites for hydroxylation is 1. The molecule has 5 heteroatoms. The molecule has 0 bridgehead atoms. The van der Waals surface area contributed by atoms with Gasteiger partial charge in [0.25, 0.3) is 0 Å². The molecular weight excluding hydrogens is 190 g/mol. The standard InChI is InChI=1S/C10H19N5/c1-4-8(2)14-10(11)12-7-9-5-6-13-15(9)3/h5-6,8H,4,7H2,1-3H3,(H3,11,12,14). The first kappa shape index (κ1) is 11.6. The largest absolute Gasteiger partial charge is 0.370 e. The second-order valence-corrected chi connectivity index (χ2v) is 3.60. The van der Waals surface area contributed by atoms with Crippen molar-refractivity contribution < 1.29 is 0 Å². The Kier molecular flexibility index (Phi) is 4.15. The number of nitrogens with zero attached hydrogens (tertiary/aromatic N) is 3. The lowest BCUT2D eigenvalue weighted by molar-refractivity contribution is 0.634. The average molecular weight is 209 g/mol. The van der Waals surface area contributed by atoms with Crippen molar-refractivity contribution in [3.05, 3.63) is 18.0 Å². The van der Waals surface area contributed by atoms with E-state index in [2.05, 4.69) is 29.3 Å². The second kappa shape index (κ2) is 5.38. The molecule has 0 radical (unpaired) electrons. The van der Waals surface area contributed by atoms with Crippen LogP contribution in [0.15, 0.2) is 17.3 Å². The first-order valence-electron chi connectivity index (χ1n) is 5.16. The van der Waals surface area contributed by atoms with Gasteiger partial charge in [-0.3, -0.25) is 4.68 Å². The van der Waals surface area contributed by atoms with Crippen LogP contribution in [-0.2, 0) is 13.6 Å². The number of aromatic nitrogens is 2. The zero-order chi connectivity index (χ0) is 11.3. The van der Waals surface area contributed by atoms with Gasteiger partial charge in [0, 0.05) is 19.3 Å². The zero-order valence-corrected chi connectivity index (χ0v) is 9.57. The van der Waals surface area contributed by atoms with Crippen LogP contribution in [-0.4, -0.2) is 21.8 Å². The number of rotatable bonds is 4. The van der Waals surface area contributed by atoms with Crippen LogP contribution < -0.4 is 11.1 Å². The van der Waals surface area contributed by atoms with Gasteiger partial charge in [0.15, 0.2) is 5.96 Å². The highest BCUT2D eigenvalue weighted by Crippen LogP contribution is 1.97. The zero-order valence-electron chi connectivity index (χ0n) is 9.57. The van der Waals surface area contributed by atoms with Crippen LogP contribution in [0, 0.1) is 0 Å². The highest BCUT2D eigenvalue weighted by Gasteiger charge is 2.00. The monoisotopic (exact) mass is 209 g/mol. The van der Waals surface area contributed by atoms with Crippen LogP contribution in [0.2, 0.25) is 0 Å². The summed E-state index contributed by atoms with van der Waals surface area (Å²) in [4.78, 5) is 4.24. The fourth-order valence-electron chi connectivity index (χ4n) is 1.12. The fourth-order valence-corrected chi connectivity index (χ4v) is 1.12. The molecule has 0 aliphatic carbocycles. The van der Waals surface area contributed by atoms with Crippen molar-refractivity contribution in [1.29, 1.82) is 0 Å². The third-order valence-corrected chi connectivity index (χ3v) is 2.34. The lowest BCUT2D eigenvalue weighted by Gasteiger charge is -2.11. The van der Waals surface area contributed by atoms with E-state index in [9.17, 15) is 0 Å². The summed E-state index contributed by atoms with van der Waals surface area (Å²) in [5, 5.41) is 7.17. The Balaban J connectivity index is 2.47. The summed E-state index contributed by atoms with van der Waals surface area (Å²) in [6.45, 7) is 4.74. The molecule has 1 atom stereocenters. The van der Waals surface area contributed by atoms with E-state index in [0.29, 0.717) is 18.5 Å². The Labute approximate surface area is 90.4 Å². The molecular formula is C10H19N5. The van der Waals surface area contributed by atoms with Crippen molar-refractivity contribution >= 4 is 5.96 Å². The minimum absolute atomic E-state index is 0.361. The Hall–Kier alpha value is -1.52. The third-order valence-electron chi connectivity index (χ3n) is 2.34. The lowest BCUT2D eigenvalue weighted by Crippen LogP contribution is -2.38. The average Bonchev–Trinajstić information content (AvgIpc) is 2.61. The maximum Gasteiger partial charge on any atom is 0.189 e. The molecule has 5 nitrogen and oxygen atoms in total. The molecule has 0 saturated heterocycles. The molecule has 0 spiro atoms. The molecule has 0 aliphatic heterocycles. The number of hydrogen-bond acceptors (Lipinski definition) is 2. The van der Waals surface area contributed by atoms with Gasteiger partial charge in [-0.05, 0) is 19.4 Å². The molecule has 3 N–H and O–H groups in total. The number of hydrogen-bond donors (Lipinski definition) is 2. The predicted molar refractivity (Wildman–Crippen MR) is 61.4 cm³/mol. The Morgan fingerprint density at radius 1 is 1.73 bits per heavy atom. The first-order chi connectivity index (χ1) is 7.13. The van der Waals surface area contributed by atoms with Crippen LogP contribution >= 0.6 is 0 Å². The number of guanidine groups is 1. The van der Waals surface area contributed by atoms with Gasteiger partial charge in [-0.1, -0.05) is 6.92 Å². The summed E-state index contributed by atoms with van der Waals surface area (Å²) >= 11 is 0. The van der Waals surface area contributed by atoms with Gasteiger partial charge in [-0.25, -0.2) is 4.99 Å². The van der Waals surface area contributed by atoms with E-state index in [-0.39, 0.29) is 0 Å². The summed E-state index contributed by atoms with van der Waals surface area (Å²) in [6.07, 6.45) is 2.78. The van der Waals surface area contributed by atoms with Crippen molar-refractivity contribution in [2.45, 2.75) is 32.9 Å². The summed E-state index contributed by atoms with van der Waals surface area (Å²) in [6, 6.07) is 2.29. The lowest BCUT2D eigenvalue weighted by atomic mass is 10.3. The van der Waals surface area contributed by atoms with Crippen molar-refractivity contribution in [1.82, 2.24) is 15.1 Å². The molecule has 1 unspecified atom stereocenters. The van der Waals surface area contributed by atoms with Crippen molar-refractivity contribution in [2.75, 3.05) is 0 Å². The summed E-state index contributed by atoms with van der Waals surface area (Å²) in [5.74, 6) is 0.491. The molecule has 1 aromatic rings. The van der Waals surface area contributed by atoms with Crippen LogP contribution in [0.3, 0.4) is 0 Å². The molecule has 0 fully saturated rings. The minimum atomic E-state index is 0.361. The van der Waals surface area contributed by atoms with E-state index < -0.39 is 0 Å². The highest BCUT2D eigenvalue weighted by atomic mass is 15.3. The van der Waals surface area contributed by atoms with Gasteiger partial charge in [0.05, 0.1) is 12.2 Å². The molecule has 1 aromatic heterocycles. The van der Waals surface area contributed by atoms with E-state index in [1.165, 1.54) is 0 Å². The Morgan fingerprint density at radius 2 is 2.47 bits per heavy atom. The van der Waals surface area contributed by atoms with E-state index in [1.807, 2.05) is 13.1 Å². The van der Waals surface area contributed by atoms with E-state index in [1.54, 1.807) is 10.9 Å². The maximum atomic E-state index is 5.73. The molecule has 0 saturated carbocycles. The van der Waals surface area contributed by atoms with Gasteiger partial charge >= 0.3 is 0 Å². The van der Waals surface area contributed by atoms with Gasteiger partial charge in [0.2, 0.25) is 0 Å². The molecule has 1 rings (SSSR count). The predicted octanol–water partition coefficient (Wildman–Crippen LogP) is 0.623. The highest BCUT2D eigenvalue weighted by molar-refractivity contribution is 5.78.